The van der Waals surface area contributed by atoms with Gasteiger partial charge in [-0.3, -0.25) is 9.59 Å². The van der Waals surface area contributed by atoms with E-state index < -0.39 is 11.8 Å². The summed E-state index contributed by atoms with van der Waals surface area (Å²) in [5.74, 6) is -0.821. The Balaban J connectivity index is 1.79. The van der Waals surface area contributed by atoms with E-state index in [9.17, 15) is 9.59 Å². The number of methoxy groups -OCH3 is 1. The topological polar surface area (TPSA) is 79.8 Å². The lowest BCUT2D eigenvalue weighted by atomic mass is 10.2. The molecule has 0 aliphatic rings. The van der Waals surface area contributed by atoms with Gasteiger partial charge in [0.2, 0.25) is 0 Å². The van der Waals surface area contributed by atoms with E-state index in [4.69, 9.17) is 4.74 Å². The number of ether oxygens (including phenoxy) is 1. The van der Waals surface area contributed by atoms with Gasteiger partial charge in [0.1, 0.15) is 5.75 Å². The molecule has 0 atom stereocenters. The van der Waals surface area contributed by atoms with Gasteiger partial charge in [0, 0.05) is 6.54 Å². The van der Waals surface area contributed by atoms with Crippen LogP contribution in [0.1, 0.15) is 11.1 Å². The number of nitrogens with one attached hydrogen (secondary N) is 2. The van der Waals surface area contributed by atoms with Crippen molar-refractivity contribution in [1.82, 2.24) is 10.7 Å². The third-order valence-electron chi connectivity index (χ3n) is 3.00. The van der Waals surface area contributed by atoms with Crippen molar-refractivity contribution in [2.24, 2.45) is 5.10 Å². The highest BCUT2D eigenvalue weighted by atomic mass is 16.5. The molecule has 0 bridgehead atoms. The van der Waals surface area contributed by atoms with Crippen LogP contribution in [0.4, 0.5) is 0 Å². The molecule has 0 saturated heterocycles. The zero-order valence-corrected chi connectivity index (χ0v) is 12.7. The summed E-state index contributed by atoms with van der Waals surface area (Å²) in [5, 5.41) is 6.27. The van der Waals surface area contributed by atoms with E-state index in [0.717, 1.165) is 16.9 Å². The van der Waals surface area contributed by atoms with Gasteiger partial charge in [0.05, 0.1) is 13.3 Å². The van der Waals surface area contributed by atoms with Gasteiger partial charge in [-0.1, -0.05) is 30.3 Å². The predicted octanol–water partition coefficient (Wildman–Crippen LogP) is 1.46. The largest absolute Gasteiger partial charge is 0.497 e. The van der Waals surface area contributed by atoms with E-state index in [-0.39, 0.29) is 6.54 Å². The molecule has 2 aromatic rings. The molecule has 0 spiro atoms. The summed E-state index contributed by atoms with van der Waals surface area (Å²) in [6, 6.07) is 16.4. The van der Waals surface area contributed by atoms with Gasteiger partial charge in [-0.25, -0.2) is 5.43 Å². The quantitative estimate of drug-likeness (QED) is 0.498. The highest BCUT2D eigenvalue weighted by Crippen LogP contribution is 2.09. The summed E-state index contributed by atoms with van der Waals surface area (Å²) in [5.41, 5.74) is 3.87. The Kier molecular flexibility index (Phi) is 5.88. The van der Waals surface area contributed by atoms with Crippen LogP contribution in [0.15, 0.2) is 59.7 Å². The molecule has 0 aromatic heterocycles. The van der Waals surface area contributed by atoms with Crippen molar-refractivity contribution in [1.29, 1.82) is 0 Å². The summed E-state index contributed by atoms with van der Waals surface area (Å²) < 4.78 is 5.04. The van der Waals surface area contributed by atoms with Crippen LogP contribution in [-0.4, -0.2) is 25.1 Å². The molecule has 6 nitrogen and oxygen atoms in total. The fourth-order valence-electron chi connectivity index (χ4n) is 1.76. The number of rotatable bonds is 5. The first-order valence-corrected chi connectivity index (χ1v) is 6.98. The lowest BCUT2D eigenvalue weighted by Crippen LogP contribution is -2.37. The number of hydrogen-bond acceptors (Lipinski definition) is 4. The minimum Gasteiger partial charge on any atom is -0.497 e. The monoisotopic (exact) mass is 311 g/mol. The fraction of sp³-hybridized carbons (Fsp3) is 0.118. The van der Waals surface area contributed by atoms with Crippen molar-refractivity contribution in [2.75, 3.05) is 7.11 Å². The molecular weight excluding hydrogens is 294 g/mol. The zero-order chi connectivity index (χ0) is 16.5. The molecule has 0 aliphatic carbocycles. The van der Waals surface area contributed by atoms with Crippen LogP contribution in [0, 0.1) is 0 Å². The Morgan fingerprint density at radius 1 is 1.04 bits per heavy atom. The van der Waals surface area contributed by atoms with Crippen molar-refractivity contribution < 1.29 is 14.3 Å². The van der Waals surface area contributed by atoms with Crippen molar-refractivity contribution in [3.63, 3.8) is 0 Å². The molecular formula is C17H17N3O3. The van der Waals surface area contributed by atoms with E-state index in [2.05, 4.69) is 15.8 Å². The zero-order valence-electron chi connectivity index (χ0n) is 12.7. The van der Waals surface area contributed by atoms with Crippen LogP contribution in [0.2, 0.25) is 0 Å². The molecule has 0 aliphatic heterocycles. The van der Waals surface area contributed by atoms with Gasteiger partial charge >= 0.3 is 11.8 Å². The number of hydrogen-bond donors (Lipinski definition) is 2. The second-order valence-electron chi connectivity index (χ2n) is 4.64. The van der Waals surface area contributed by atoms with Crippen LogP contribution in [0.25, 0.3) is 0 Å². The van der Waals surface area contributed by atoms with Crippen LogP contribution >= 0.6 is 0 Å². The van der Waals surface area contributed by atoms with Crippen LogP contribution < -0.4 is 15.5 Å². The minimum absolute atomic E-state index is 0.287. The SMILES string of the molecule is COc1ccc(/C=N/NC(=O)C(=O)NCc2ccccc2)cc1. The number of hydrazone groups is 1. The average Bonchev–Trinajstić information content (AvgIpc) is 2.61. The molecule has 2 aromatic carbocycles. The van der Waals surface area contributed by atoms with Gasteiger partial charge in [-0.15, -0.1) is 0 Å². The smallest absolute Gasteiger partial charge is 0.329 e. The standard InChI is InChI=1S/C17H17N3O3/c1-23-15-9-7-14(8-10-15)12-19-20-17(22)16(21)18-11-13-5-3-2-4-6-13/h2-10,12H,11H2,1H3,(H,18,21)(H,20,22)/b19-12+. The van der Waals surface area contributed by atoms with E-state index >= 15 is 0 Å². The summed E-state index contributed by atoms with van der Waals surface area (Å²) in [6.45, 7) is 0.287. The Labute approximate surface area is 134 Å². The maximum Gasteiger partial charge on any atom is 0.329 e. The van der Waals surface area contributed by atoms with Crippen LogP contribution in [0.5, 0.6) is 5.75 Å². The van der Waals surface area contributed by atoms with Gasteiger partial charge in [0.25, 0.3) is 0 Å². The Morgan fingerprint density at radius 2 is 1.74 bits per heavy atom. The molecule has 118 valence electrons. The van der Waals surface area contributed by atoms with Crippen molar-refractivity contribution >= 4 is 18.0 Å². The minimum atomic E-state index is -0.814. The van der Waals surface area contributed by atoms with E-state index in [1.807, 2.05) is 30.3 Å². The highest BCUT2D eigenvalue weighted by Gasteiger charge is 2.11. The third-order valence-corrected chi connectivity index (χ3v) is 3.00. The summed E-state index contributed by atoms with van der Waals surface area (Å²) in [4.78, 5) is 23.2. The maximum atomic E-state index is 11.6. The molecule has 0 heterocycles. The van der Waals surface area contributed by atoms with Crippen molar-refractivity contribution in [2.45, 2.75) is 6.54 Å². The van der Waals surface area contributed by atoms with Crippen molar-refractivity contribution in [3.8, 4) is 5.75 Å². The number of benzene rings is 2. The first kappa shape index (κ1) is 16.2. The molecule has 2 rings (SSSR count). The number of amides is 2. The normalized spacial score (nSPS) is 10.3. The number of nitrogens with zero attached hydrogens (tertiary/aromatic N) is 1. The van der Waals surface area contributed by atoms with Crippen LogP contribution in [-0.2, 0) is 16.1 Å². The van der Waals surface area contributed by atoms with E-state index in [0.29, 0.717) is 0 Å². The van der Waals surface area contributed by atoms with Gasteiger partial charge in [-0.2, -0.15) is 5.10 Å². The second-order valence-corrected chi connectivity index (χ2v) is 4.64. The van der Waals surface area contributed by atoms with E-state index in [1.165, 1.54) is 6.21 Å². The lowest BCUT2D eigenvalue weighted by Gasteiger charge is -2.03. The third kappa shape index (κ3) is 5.28. The Morgan fingerprint density at radius 3 is 2.39 bits per heavy atom. The summed E-state index contributed by atoms with van der Waals surface area (Å²) in [7, 11) is 1.58. The average molecular weight is 311 g/mol. The van der Waals surface area contributed by atoms with Gasteiger partial charge in [-0.05, 0) is 35.4 Å². The Hall–Kier alpha value is -3.15. The first-order valence-electron chi connectivity index (χ1n) is 6.98. The molecule has 23 heavy (non-hydrogen) atoms. The first-order chi connectivity index (χ1) is 11.2. The molecule has 2 amide bonds. The van der Waals surface area contributed by atoms with Gasteiger partial charge in [0.15, 0.2) is 0 Å². The molecule has 0 radical (unpaired) electrons. The molecule has 0 saturated carbocycles. The molecule has 0 unspecified atom stereocenters. The Bertz CT molecular complexity index is 682. The lowest BCUT2D eigenvalue weighted by molar-refractivity contribution is -0.139. The van der Waals surface area contributed by atoms with Gasteiger partial charge < -0.3 is 10.1 Å². The van der Waals surface area contributed by atoms with Crippen LogP contribution in [0.3, 0.4) is 0 Å². The summed E-state index contributed by atoms with van der Waals surface area (Å²) in [6.07, 6.45) is 1.45. The highest BCUT2D eigenvalue weighted by molar-refractivity contribution is 6.35. The molecule has 0 fully saturated rings. The fourth-order valence-corrected chi connectivity index (χ4v) is 1.76. The number of carbonyl (C=O) groups excluding carboxylic acids is 2. The predicted molar refractivity (Wildman–Crippen MR) is 87.0 cm³/mol. The molecule has 6 heteroatoms. The maximum absolute atomic E-state index is 11.6. The summed E-state index contributed by atoms with van der Waals surface area (Å²) >= 11 is 0. The molecule has 2 N–H and O–H groups in total. The second kappa shape index (κ2) is 8.33. The van der Waals surface area contributed by atoms with E-state index in [1.54, 1.807) is 31.4 Å². The number of carbonyl (C=O) groups is 2. The van der Waals surface area contributed by atoms with Crippen molar-refractivity contribution in [3.05, 3.63) is 65.7 Å².